The zero-order chi connectivity index (χ0) is 15.3. The predicted octanol–water partition coefficient (Wildman–Crippen LogP) is 2.07. The standard InChI is InChI=1S/C16H12O5/c1-7-5-12-14(18)13(17)10-4-3-9(8(2)16(19)20)6-11(10)15(12)21-7/h3-4,6-7H,2,5H2,1H3,(H,19,20). The number of ketones is 2. The van der Waals surface area contributed by atoms with Crippen LogP contribution in [0.1, 0.15) is 34.8 Å². The van der Waals surface area contributed by atoms with Crippen LogP contribution in [0.3, 0.4) is 0 Å². The van der Waals surface area contributed by atoms with Crippen molar-refractivity contribution in [1.29, 1.82) is 0 Å². The van der Waals surface area contributed by atoms with Crippen molar-refractivity contribution in [2.45, 2.75) is 19.4 Å². The SMILES string of the molecule is C=C(C(=O)O)c1ccc2c(c1)C1=C(CC(C)O1)C(=O)C2=O. The average Bonchev–Trinajstić information content (AvgIpc) is 2.85. The Morgan fingerprint density at radius 2 is 2.00 bits per heavy atom. The zero-order valence-electron chi connectivity index (χ0n) is 11.3. The van der Waals surface area contributed by atoms with Crippen molar-refractivity contribution >= 4 is 28.9 Å². The van der Waals surface area contributed by atoms with Gasteiger partial charge in [0.25, 0.3) is 0 Å². The molecule has 0 fully saturated rings. The smallest absolute Gasteiger partial charge is 0.335 e. The van der Waals surface area contributed by atoms with Gasteiger partial charge in [-0.05, 0) is 24.6 Å². The van der Waals surface area contributed by atoms with Crippen molar-refractivity contribution in [3.63, 3.8) is 0 Å². The minimum Gasteiger partial charge on any atom is -0.489 e. The monoisotopic (exact) mass is 284 g/mol. The number of carboxylic acid groups (broad SMARTS) is 1. The van der Waals surface area contributed by atoms with Crippen LogP contribution in [0.5, 0.6) is 0 Å². The molecule has 1 heterocycles. The summed E-state index contributed by atoms with van der Waals surface area (Å²) in [4.78, 5) is 35.1. The molecular formula is C16H12O5. The van der Waals surface area contributed by atoms with Gasteiger partial charge >= 0.3 is 5.97 Å². The summed E-state index contributed by atoms with van der Waals surface area (Å²) in [6, 6.07) is 4.48. The quantitative estimate of drug-likeness (QED) is 0.664. The molecule has 5 heteroatoms. The van der Waals surface area contributed by atoms with E-state index in [-0.39, 0.29) is 17.2 Å². The molecule has 1 N–H and O–H groups in total. The molecule has 0 amide bonds. The van der Waals surface area contributed by atoms with Gasteiger partial charge in [-0.15, -0.1) is 0 Å². The molecule has 0 radical (unpaired) electrons. The van der Waals surface area contributed by atoms with E-state index in [2.05, 4.69) is 6.58 Å². The first-order chi connectivity index (χ1) is 9.90. The summed E-state index contributed by atoms with van der Waals surface area (Å²) >= 11 is 0. The number of fused-ring (bicyclic) bond motifs is 2. The van der Waals surface area contributed by atoms with Crippen LogP contribution in [-0.2, 0) is 14.3 Å². The van der Waals surface area contributed by atoms with Crippen LogP contribution in [0.2, 0.25) is 0 Å². The maximum Gasteiger partial charge on any atom is 0.335 e. The number of hydrogen-bond acceptors (Lipinski definition) is 4. The third-order valence-corrected chi connectivity index (χ3v) is 3.68. The maximum absolute atomic E-state index is 12.1. The van der Waals surface area contributed by atoms with E-state index in [1.165, 1.54) is 12.1 Å². The van der Waals surface area contributed by atoms with Gasteiger partial charge in [0.05, 0.1) is 5.57 Å². The Bertz CT molecular complexity index is 754. The normalized spacial score (nSPS) is 20.0. The molecule has 0 saturated carbocycles. The first kappa shape index (κ1) is 13.3. The number of aliphatic carboxylic acids is 1. The number of Topliss-reactive ketones (excluding diaryl/α,β-unsaturated/α-hetero) is 2. The molecule has 21 heavy (non-hydrogen) atoms. The van der Waals surface area contributed by atoms with Crippen LogP contribution in [0.15, 0.2) is 30.4 Å². The van der Waals surface area contributed by atoms with E-state index in [1.807, 2.05) is 6.92 Å². The lowest BCUT2D eigenvalue weighted by Gasteiger charge is -2.17. The van der Waals surface area contributed by atoms with Gasteiger partial charge in [0.2, 0.25) is 11.6 Å². The van der Waals surface area contributed by atoms with Gasteiger partial charge in [0, 0.05) is 23.1 Å². The number of rotatable bonds is 2. The molecule has 1 unspecified atom stereocenters. The van der Waals surface area contributed by atoms with Gasteiger partial charge in [0.15, 0.2) is 0 Å². The summed E-state index contributed by atoms with van der Waals surface area (Å²) in [5, 5.41) is 9.00. The molecular weight excluding hydrogens is 272 g/mol. The molecule has 0 saturated heterocycles. The number of hydrogen-bond donors (Lipinski definition) is 1. The first-order valence-electron chi connectivity index (χ1n) is 6.46. The van der Waals surface area contributed by atoms with Crippen molar-refractivity contribution in [3.05, 3.63) is 47.0 Å². The minimum atomic E-state index is -1.14. The molecule has 0 bridgehead atoms. The largest absolute Gasteiger partial charge is 0.489 e. The third-order valence-electron chi connectivity index (χ3n) is 3.68. The molecule has 1 aromatic rings. The van der Waals surface area contributed by atoms with Crippen LogP contribution < -0.4 is 0 Å². The van der Waals surface area contributed by atoms with Gasteiger partial charge in [-0.2, -0.15) is 0 Å². The second-order valence-electron chi connectivity index (χ2n) is 5.14. The van der Waals surface area contributed by atoms with Crippen molar-refractivity contribution in [3.8, 4) is 0 Å². The van der Waals surface area contributed by atoms with Crippen LogP contribution >= 0.6 is 0 Å². The molecule has 0 aromatic heterocycles. The van der Waals surface area contributed by atoms with E-state index >= 15 is 0 Å². The maximum atomic E-state index is 12.1. The van der Waals surface area contributed by atoms with Gasteiger partial charge in [0.1, 0.15) is 11.9 Å². The summed E-state index contributed by atoms with van der Waals surface area (Å²) < 4.78 is 5.64. The Hall–Kier alpha value is -2.69. The molecule has 0 spiro atoms. The van der Waals surface area contributed by atoms with Gasteiger partial charge in [-0.3, -0.25) is 9.59 Å². The Morgan fingerprint density at radius 1 is 1.29 bits per heavy atom. The molecule has 1 aliphatic carbocycles. The molecule has 1 aromatic carbocycles. The number of carbonyl (C=O) groups excluding carboxylic acids is 2. The highest BCUT2D eigenvalue weighted by Gasteiger charge is 2.38. The van der Waals surface area contributed by atoms with Crippen molar-refractivity contribution in [2.24, 2.45) is 0 Å². The molecule has 2 aliphatic rings. The average molecular weight is 284 g/mol. The minimum absolute atomic E-state index is 0.0738. The van der Waals surface area contributed by atoms with E-state index in [0.29, 0.717) is 28.9 Å². The zero-order valence-corrected chi connectivity index (χ0v) is 11.3. The predicted molar refractivity (Wildman–Crippen MR) is 74.5 cm³/mol. The number of carboxylic acids is 1. The Morgan fingerprint density at radius 3 is 2.67 bits per heavy atom. The first-order valence-corrected chi connectivity index (χ1v) is 6.46. The van der Waals surface area contributed by atoms with Gasteiger partial charge in [-0.1, -0.05) is 12.6 Å². The van der Waals surface area contributed by atoms with Gasteiger partial charge in [-0.25, -0.2) is 4.79 Å². The van der Waals surface area contributed by atoms with Crippen molar-refractivity contribution in [1.82, 2.24) is 0 Å². The fourth-order valence-electron chi connectivity index (χ4n) is 2.62. The summed E-state index contributed by atoms with van der Waals surface area (Å²) in [5.74, 6) is -1.86. The van der Waals surface area contributed by atoms with Crippen LogP contribution in [-0.4, -0.2) is 28.7 Å². The molecule has 106 valence electrons. The van der Waals surface area contributed by atoms with E-state index in [1.54, 1.807) is 6.07 Å². The second kappa shape index (κ2) is 4.41. The summed E-state index contributed by atoms with van der Waals surface area (Å²) in [5.41, 5.74) is 1.40. The van der Waals surface area contributed by atoms with E-state index < -0.39 is 17.5 Å². The van der Waals surface area contributed by atoms with Crippen molar-refractivity contribution in [2.75, 3.05) is 0 Å². The second-order valence-corrected chi connectivity index (χ2v) is 5.14. The fraction of sp³-hybridized carbons (Fsp3) is 0.188. The summed E-state index contributed by atoms with van der Waals surface area (Å²) in [6.07, 6.45) is 0.215. The van der Waals surface area contributed by atoms with Gasteiger partial charge < -0.3 is 9.84 Å². The highest BCUT2D eigenvalue weighted by Crippen LogP contribution is 2.39. The van der Waals surface area contributed by atoms with Crippen LogP contribution in [0.4, 0.5) is 0 Å². The number of benzene rings is 1. The Labute approximate surface area is 120 Å². The van der Waals surface area contributed by atoms with Crippen molar-refractivity contribution < 1.29 is 24.2 Å². The Kier molecular flexibility index (Phi) is 2.79. The molecule has 3 rings (SSSR count). The molecule has 1 atom stereocenters. The number of carbonyl (C=O) groups is 3. The fourth-order valence-corrected chi connectivity index (χ4v) is 2.62. The molecule has 5 nitrogen and oxygen atoms in total. The highest BCUT2D eigenvalue weighted by molar-refractivity contribution is 6.52. The lowest BCUT2D eigenvalue weighted by atomic mass is 9.86. The highest BCUT2D eigenvalue weighted by atomic mass is 16.5. The third kappa shape index (κ3) is 1.89. The van der Waals surface area contributed by atoms with E-state index in [4.69, 9.17) is 9.84 Å². The topological polar surface area (TPSA) is 80.7 Å². The summed E-state index contributed by atoms with van der Waals surface area (Å²) in [7, 11) is 0. The lowest BCUT2D eigenvalue weighted by molar-refractivity contribution is -0.130. The summed E-state index contributed by atoms with van der Waals surface area (Å²) in [6.45, 7) is 5.31. The van der Waals surface area contributed by atoms with Crippen LogP contribution in [0, 0.1) is 0 Å². The Balaban J connectivity index is 2.19. The number of ether oxygens (including phenoxy) is 1. The van der Waals surface area contributed by atoms with Crippen LogP contribution in [0.25, 0.3) is 11.3 Å². The van der Waals surface area contributed by atoms with E-state index in [0.717, 1.165) is 0 Å². The lowest BCUT2D eigenvalue weighted by Crippen LogP contribution is -2.22. The van der Waals surface area contributed by atoms with E-state index in [9.17, 15) is 14.4 Å². The molecule has 1 aliphatic heterocycles.